The second kappa shape index (κ2) is 8.08. The van der Waals surface area contributed by atoms with Gasteiger partial charge in [0.1, 0.15) is 11.5 Å². The van der Waals surface area contributed by atoms with Gasteiger partial charge < -0.3 is 18.9 Å². The van der Waals surface area contributed by atoms with Crippen LogP contribution in [0.4, 0.5) is 0 Å². The van der Waals surface area contributed by atoms with E-state index in [-0.39, 0.29) is 0 Å². The number of hydrogen-bond acceptors (Lipinski definition) is 5. The first-order valence-corrected chi connectivity index (χ1v) is 7.38. The maximum absolute atomic E-state index is 12.2. The molecule has 5 nitrogen and oxygen atoms in total. The van der Waals surface area contributed by atoms with Crippen molar-refractivity contribution in [3.05, 3.63) is 48.5 Å². The molecule has 0 fully saturated rings. The number of hydrogen-bond donors (Lipinski definition) is 0. The lowest BCUT2D eigenvalue weighted by Gasteiger charge is -2.15. The van der Waals surface area contributed by atoms with Crippen molar-refractivity contribution in [3.63, 3.8) is 0 Å². The summed E-state index contributed by atoms with van der Waals surface area (Å²) in [7, 11) is 1.59. The Morgan fingerprint density at radius 2 is 1.61 bits per heavy atom. The van der Waals surface area contributed by atoms with E-state index in [0.717, 1.165) is 5.75 Å². The molecule has 2 aromatic rings. The van der Waals surface area contributed by atoms with Crippen molar-refractivity contribution in [2.45, 2.75) is 20.0 Å². The molecule has 1 atom stereocenters. The van der Waals surface area contributed by atoms with E-state index >= 15 is 0 Å². The lowest BCUT2D eigenvalue weighted by molar-refractivity contribution is -0.141. The summed E-state index contributed by atoms with van der Waals surface area (Å²) >= 11 is 0. The van der Waals surface area contributed by atoms with Crippen LogP contribution in [0.5, 0.6) is 23.0 Å². The van der Waals surface area contributed by atoms with Crippen LogP contribution < -0.4 is 18.9 Å². The summed E-state index contributed by atoms with van der Waals surface area (Å²) < 4.78 is 21.4. The van der Waals surface area contributed by atoms with Gasteiger partial charge in [0.25, 0.3) is 0 Å². The summed E-state index contributed by atoms with van der Waals surface area (Å²) in [6, 6.07) is 14.0. The SMILES string of the molecule is CCOc1ccccc1OC(=O)C(C)Oc1ccc(OC)cc1. The van der Waals surface area contributed by atoms with Gasteiger partial charge in [-0.2, -0.15) is 0 Å². The lowest BCUT2D eigenvalue weighted by Crippen LogP contribution is -2.28. The first-order chi connectivity index (χ1) is 11.1. The molecule has 0 bridgehead atoms. The molecule has 0 saturated carbocycles. The highest BCUT2D eigenvalue weighted by molar-refractivity contribution is 5.77. The Bertz CT molecular complexity index is 636. The van der Waals surface area contributed by atoms with Crippen LogP contribution in [0.1, 0.15) is 13.8 Å². The van der Waals surface area contributed by atoms with E-state index in [1.54, 1.807) is 56.5 Å². The first kappa shape index (κ1) is 16.7. The third-order valence-corrected chi connectivity index (χ3v) is 3.06. The highest BCUT2D eigenvalue weighted by atomic mass is 16.6. The van der Waals surface area contributed by atoms with Crippen molar-refractivity contribution in [2.24, 2.45) is 0 Å². The number of esters is 1. The Balaban J connectivity index is 1.99. The van der Waals surface area contributed by atoms with Crippen molar-refractivity contribution in [1.29, 1.82) is 0 Å². The molecule has 0 amide bonds. The maximum atomic E-state index is 12.2. The minimum Gasteiger partial charge on any atom is -0.497 e. The van der Waals surface area contributed by atoms with E-state index in [4.69, 9.17) is 18.9 Å². The van der Waals surface area contributed by atoms with E-state index < -0.39 is 12.1 Å². The standard InChI is InChI=1S/C18H20O5/c1-4-21-16-7-5-6-8-17(16)23-18(19)13(2)22-15-11-9-14(20-3)10-12-15/h5-13H,4H2,1-3H3. The molecule has 1 unspecified atom stereocenters. The lowest BCUT2D eigenvalue weighted by atomic mass is 10.3. The van der Waals surface area contributed by atoms with Gasteiger partial charge in [0.05, 0.1) is 13.7 Å². The second-order valence-corrected chi connectivity index (χ2v) is 4.74. The van der Waals surface area contributed by atoms with Crippen LogP contribution in [-0.2, 0) is 4.79 Å². The van der Waals surface area contributed by atoms with Crippen LogP contribution >= 0.6 is 0 Å². The minimum atomic E-state index is -0.752. The first-order valence-electron chi connectivity index (χ1n) is 7.38. The molecule has 0 heterocycles. The van der Waals surface area contributed by atoms with Gasteiger partial charge in [-0.1, -0.05) is 12.1 Å². The third-order valence-electron chi connectivity index (χ3n) is 3.06. The zero-order chi connectivity index (χ0) is 16.7. The largest absolute Gasteiger partial charge is 0.497 e. The van der Waals surface area contributed by atoms with Gasteiger partial charge in [0.2, 0.25) is 0 Å². The van der Waals surface area contributed by atoms with Crippen molar-refractivity contribution in [3.8, 4) is 23.0 Å². The Labute approximate surface area is 135 Å². The maximum Gasteiger partial charge on any atom is 0.352 e. The van der Waals surface area contributed by atoms with E-state index in [2.05, 4.69) is 0 Å². The summed E-state index contributed by atoms with van der Waals surface area (Å²) in [6.45, 7) is 4.00. The fourth-order valence-electron chi connectivity index (χ4n) is 1.91. The molecule has 0 spiro atoms. The van der Waals surface area contributed by atoms with Crippen molar-refractivity contribution in [2.75, 3.05) is 13.7 Å². The Hall–Kier alpha value is -2.69. The van der Waals surface area contributed by atoms with Gasteiger partial charge in [-0.3, -0.25) is 0 Å². The quantitative estimate of drug-likeness (QED) is 0.578. The molecule has 0 aliphatic carbocycles. The second-order valence-electron chi connectivity index (χ2n) is 4.74. The van der Waals surface area contributed by atoms with Crippen molar-refractivity contribution in [1.82, 2.24) is 0 Å². The normalized spacial score (nSPS) is 11.4. The monoisotopic (exact) mass is 316 g/mol. The fraction of sp³-hybridized carbons (Fsp3) is 0.278. The van der Waals surface area contributed by atoms with Crippen LogP contribution in [0.3, 0.4) is 0 Å². The van der Waals surface area contributed by atoms with Gasteiger partial charge in [-0.15, -0.1) is 0 Å². The van der Waals surface area contributed by atoms with E-state index in [0.29, 0.717) is 23.9 Å². The third kappa shape index (κ3) is 4.64. The topological polar surface area (TPSA) is 54.0 Å². The number of benzene rings is 2. The van der Waals surface area contributed by atoms with Gasteiger partial charge in [-0.25, -0.2) is 4.79 Å². The van der Waals surface area contributed by atoms with Crippen LogP contribution in [0, 0.1) is 0 Å². The Kier molecular flexibility index (Phi) is 5.86. The zero-order valence-electron chi connectivity index (χ0n) is 13.4. The predicted octanol–water partition coefficient (Wildman–Crippen LogP) is 3.47. The van der Waals surface area contributed by atoms with Crippen molar-refractivity contribution >= 4 is 5.97 Å². The molecule has 0 aromatic heterocycles. The molecule has 0 saturated heterocycles. The van der Waals surface area contributed by atoms with Gasteiger partial charge in [0.15, 0.2) is 17.6 Å². The number of carbonyl (C=O) groups is 1. The molecule has 0 N–H and O–H groups in total. The predicted molar refractivity (Wildman–Crippen MR) is 86.3 cm³/mol. The van der Waals surface area contributed by atoms with Gasteiger partial charge in [-0.05, 0) is 50.2 Å². The summed E-state index contributed by atoms with van der Waals surface area (Å²) in [5.41, 5.74) is 0. The van der Waals surface area contributed by atoms with E-state index in [1.807, 2.05) is 13.0 Å². The molecule has 2 rings (SSSR count). The number of para-hydroxylation sites is 2. The zero-order valence-corrected chi connectivity index (χ0v) is 13.4. The Morgan fingerprint density at radius 3 is 2.22 bits per heavy atom. The van der Waals surface area contributed by atoms with Crippen LogP contribution in [0.2, 0.25) is 0 Å². The molecular weight excluding hydrogens is 296 g/mol. The number of rotatable bonds is 7. The van der Waals surface area contributed by atoms with E-state index in [1.165, 1.54) is 0 Å². The van der Waals surface area contributed by atoms with Crippen molar-refractivity contribution < 1.29 is 23.7 Å². The minimum absolute atomic E-state index is 0.379. The molecule has 0 aliphatic rings. The summed E-state index contributed by atoms with van der Waals surface area (Å²) in [5, 5.41) is 0. The average Bonchev–Trinajstić information content (AvgIpc) is 2.57. The van der Waals surface area contributed by atoms with Crippen LogP contribution in [-0.4, -0.2) is 25.8 Å². The molecule has 122 valence electrons. The summed E-state index contributed by atoms with van der Waals surface area (Å²) in [5.74, 6) is 1.70. The fourth-order valence-corrected chi connectivity index (χ4v) is 1.91. The average molecular weight is 316 g/mol. The summed E-state index contributed by atoms with van der Waals surface area (Å²) in [6.07, 6.45) is -0.752. The van der Waals surface area contributed by atoms with Crippen LogP contribution in [0.25, 0.3) is 0 Å². The summed E-state index contributed by atoms with van der Waals surface area (Å²) in [4.78, 5) is 12.2. The van der Waals surface area contributed by atoms with E-state index in [9.17, 15) is 4.79 Å². The Morgan fingerprint density at radius 1 is 1.00 bits per heavy atom. The molecule has 5 heteroatoms. The smallest absolute Gasteiger partial charge is 0.352 e. The molecule has 23 heavy (non-hydrogen) atoms. The van der Waals surface area contributed by atoms with Crippen LogP contribution in [0.15, 0.2) is 48.5 Å². The molecule has 2 aromatic carbocycles. The number of methoxy groups -OCH3 is 1. The highest BCUT2D eigenvalue weighted by Crippen LogP contribution is 2.27. The molecule has 0 radical (unpaired) electrons. The number of carbonyl (C=O) groups excluding carboxylic acids is 1. The molecule has 0 aliphatic heterocycles. The number of ether oxygens (including phenoxy) is 4. The van der Waals surface area contributed by atoms with Gasteiger partial charge >= 0.3 is 5.97 Å². The highest BCUT2D eigenvalue weighted by Gasteiger charge is 2.19. The molecular formula is C18H20O5. The van der Waals surface area contributed by atoms with Gasteiger partial charge in [0, 0.05) is 0 Å².